The average Bonchev–Trinajstić information content (AvgIpc) is 2.50. The maximum atomic E-state index is 8.53. The maximum Gasteiger partial charge on any atom is 0.191 e. The average molecular weight is 343 g/mol. The van der Waals surface area contributed by atoms with Crippen LogP contribution >= 0.6 is 23.2 Å². The van der Waals surface area contributed by atoms with Crippen LogP contribution in [0.1, 0.15) is 25.3 Å². The summed E-state index contributed by atoms with van der Waals surface area (Å²) in [6.45, 7) is 3.64. The second-order valence-corrected chi connectivity index (χ2v) is 5.56. The van der Waals surface area contributed by atoms with Crippen LogP contribution in [0.5, 0.6) is 5.75 Å². The number of aliphatic hydroxyl groups excluding tert-OH is 1. The minimum absolute atomic E-state index is 0.0174. The van der Waals surface area contributed by atoms with Gasteiger partial charge in [0, 0.05) is 11.1 Å². The van der Waals surface area contributed by atoms with E-state index >= 15 is 0 Å². The molecule has 7 heteroatoms. The summed E-state index contributed by atoms with van der Waals surface area (Å²) in [6, 6.07) is 7.29. The van der Waals surface area contributed by atoms with Crippen LogP contribution in [-0.4, -0.2) is 28.9 Å². The summed E-state index contributed by atoms with van der Waals surface area (Å²) in [4.78, 5) is 0. The number of nitrogens with zero attached hydrogens (tertiary/aromatic N) is 2. The SMILES string of the molecule is CC(C)c1c(Cl)nnc(Cl)c1-c1ccc(OCOCO)cc1. The van der Waals surface area contributed by atoms with Gasteiger partial charge in [-0.2, -0.15) is 0 Å². The van der Waals surface area contributed by atoms with Gasteiger partial charge in [0.25, 0.3) is 0 Å². The molecule has 2 aromatic rings. The zero-order valence-electron chi connectivity index (χ0n) is 12.2. The molecule has 0 saturated heterocycles. The van der Waals surface area contributed by atoms with Gasteiger partial charge in [-0.1, -0.05) is 49.2 Å². The van der Waals surface area contributed by atoms with E-state index in [9.17, 15) is 0 Å². The van der Waals surface area contributed by atoms with Crippen LogP contribution in [0.25, 0.3) is 11.1 Å². The molecule has 0 bridgehead atoms. The van der Waals surface area contributed by atoms with Crippen molar-refractivity contribution in [2.24, 2.45) is 0 Å². The van der Waals surface area contributed by atoms with E-state index < -0.39 is 0 Å². The molecule has 2 rings (SSSR count). The molecule has 0 saturated carbocycles. The quantitative estimate of drug-likeness (QED) is 0.637. The molecule has 0 aliphatic heterocycles. The first-order valence-electron chi connectivity index (χ1n) is 6.68. The van der Waals surface area contributed by atoms with Crippen LogP contribution in [0.2, 0.25) is 10.3 Å². The van der Waals surface area contributed by atoms with Gasteiger partial charge < -0.3 is 14.6 Å². The fourth-order valence-electron chi connectivity index (χ4n) is 2.07. The zero-order chi connectivity index (χ0) is 16.1. The Bertz CT molecular complexity index is 633. The monoisotopic (exact) mass is 342 g/mol. The molecule has 0 aliphatic rings. The fraction of sp³-hybridized carbons (Fsp3) is 0.333. The lowest BCUT2D eigenvalue weighted by Crippen LogP contribution is -2.03. The summed E-state index contributed by atoms with van der Waals surface area (Å²) in [5.74, 6) is 0.775. The molecular weight excluding hydrogens is 327 g/mol. The Morgan fingerprint density at radius 2 is 1.73 bits per heavy atom. The van der Waals surface area contributed by atoms with E-state index in [1.807, 2.05) is 26.0 Å². The molecule has 0 spiro atoms. The smallest absolute Gasteiger partial charge is 0.191 e. The third-order valence-corrected chi connectivity index (χ3v) is 3.59. The molecule has 0 unspecified atom stereocenters. The van der Waals surface area contributed by atoms with Crippen LogP contribution in [0.4, 0.5) is 0 Å². The Hall–Kier alpha value is -1.40. The van der Waals surface area contributed by atoms with Crippen LogP contribution in [-0.2, 0) is 4.74 Å². The largest absolute Gasteiger partial charge is 0.467 e. The minimum atomic E-state index is -0.382. The summed E-state index contributed by atoms with van der Waals surface area (Å²) in [5, 5.41) is 17.0. The van der Waals surface area contributed by atoms with Crippen molar-refractivity contribution >= 4 is 23.2 Å². The molecule has 22 heavy (non-hydrogen) atoms. The molecule has 1 N–H and O–H groups in total. The predicted octanol–water partition coefficient (Wildman–Crippen LogP) is 3.88. The molecule has 1 heterocycles. The highest BCUT2D eigenvalue weighted by Crippen LogP contribution is 2.37. The highest BCUT2D eigenvalue weighted by atomic mass is 35.5. The third kappa shape index (κ3) is 3.87. The topological polar surface area (TPSA) is 64.5 Å². The second kappa shape index (κ2) is 7.74. The Kier molecular flexibility index (Phi) is 5.97. The van der Waals surface area contributed by atoms with Crippen LogP contribution < -0.4 is 4.74 Å². The van der Waals surface area contributed by atoms with E-state index in [1.165, 1.54) is 0 Å². The summed E-state index contributed by atoms with van der Waals surface area (Å²) in [6.07, 6.45) is 0. The Labute approximate surface area is 138 Å². The summed E-state index contributed by atoms with van der Waals surface area (Å²) in [5.41, 5.74) is 2.51. The van der Waals surface area contributed by atoms with Crippen LogP contribution in [0, 0.1) is 0 Å². The number of hydrogen-bond donors (Lipinski definition) is 1. The molecule has 5 nitrogen and oxygen atoms in total. The lowest BCUT2D eigenvalue weighted by Gasteiger charge is -2.15. The van der Waals surface area contributed by atoms with E-state index in [2.05, 4.69) is 10.2 Å². The molecule has 0 aliphatic carbocycles. The normalized spacial score (nSPS) is 11.0. The van der Waals surface area contributed by atoms with E-state index in [0.29, 0.717) is 16.1 Å². The summed E-state index contributed by atoms with van der Waals surface area (Å²) in [7, 11) is 0. The van der Waals surface area contributed by atoms with Gasteiger partial charge in [-0.25, -0.2) is 0 Å². The van der Waals surface area contributed by atoms with Gasteiger partial charge in [-0.15, -0.1) is 10.2 Å². The van der Waals surface area contributed by atoms with Crippen LogP contribution in [0.3, 0.4) is 0 Å². The number of halogens is 2. The van der Waals surface area contributed by atoms with Crippen molar-refractivity contribution in [3.8, 4) is 16.9 Å². The van der Waals surface area contributed by atoms with Gasteiger partial charge in [-0.05, 0) is 23.6 Å². The number of rotatable bonds is 6. The van der Waals surface area contributed by atoms with Crippen molar-refractivity contribution in [1.29, 1.82) is 0 Å². The molecule has 0 amide bonds. The zero-order valence-corrected chi connectivity index (χ0v) is 13.7. The number of ether oxygens (including phenoxy) is 2. The minimum Gasteiger partial charge on any atom is -0.467 e. The lowest BCUT2D eigenvalue weighted by molar-refractivity contribution is -0.0653. The van der Waals surface area contributed by atoms with E-state index in [4.69, 9.17) is 37.8 Å². The number of hydrogen-bond acceptors (Lipinski definition) is 5. The number of aromatic nitrogens is 2. The van der Waals surface area contributed by atoms with Crippen molar-refractivity contribution in [2.75, 3.05) is 13.6 Å². The number of aliphatic hydroxyl groups is 1. The molecule has 0 radical (unpaired) electrons. The summed E-state index contributed by atoms with van der Waals surface area (Å²) >= 11 is 12.4. The van der Waals surface area contributed by atoms with E-state index in [-0.39, 0.29) is 19.5 Å². The Morgan fingerprint density at radius 3 is 2.32 bits per heavy atom. The van der Waals surface area contributed by atoms with Crippen molar-refractivity contribution in [3.05, 3.63) is 40.1 Å². The highest BCUT2D eigenvalue weighted by molar-refractivity contribution is 6.34. The number of benzene rings is 1. The van der Waals surface area contributed by atoms with Crippen molar-refractivity contribution in [3.63, 3.8) is 0 Å². The maximum absolute atomic E-state index is 8.53. The molecule has 118 valence electrons. The van der Waals surface area contributed by atoms with Gasteiger partial charge in [0.1, 0.15) is 12.5 Å². The Balaban J connectivity index is 2.34. The van der Waals surface area contributed by atoms with Gasteiger partial charge in [-0.3, -0.25) is 0 Å². The third-order valence-electron chi connectivity index (χ3n) is 3.04. The van der Waals surface area contributed by atoms with Gasteiger partial charge in [0.15, 0.2) is 17.1 Å². The molecule has 0 fully saturated rings. The van der Waals surface area contributed by atoms with Gasteiger partial charge >= 0.3 is 0 Å². The van der Waals surface area contributed by atoms with Gasteiger partial charge in [0.2, 0.25) is 0 Å². The Morgan fingerprint density at radius 1 is 1.09 bits per heavy atom. The molecule has 1 aromatic heterocycles. The van der Waals surface area contributed by atoms with Crippen molar-refractivity contribution in [2.45, 2.75) is 19.8 Å². The molecule has 1 aromatic carbocycles. The fourth-order valence-corrected chi connectivity index (χ4v) is 2.67. The highest BCUT2D eigenvalue weighted by Gasteiger charge is 2.18. The van der Waals surface area contributed by atoms with E-state index in [0.717, 1.165) is 16.7 Å². The molecular formula is C15H16Cl2N2O3. The van der Waals surface area contributed by atoms with Crippen molar-refractivity contribution < 1.29 is 14.6 Å². The first-order chi connectivity index (χ1) is 10.5. The standard InChI is InChI=1S/C15H16Cl2N2O3/c1-9(2)12-13(15(17)19-18-14(12)16)10-3-5-11(6-4-10)22-8-21-7-20/h3-6,9,20H,7-8H2,1-2H3. The summed E-state index contributed by atoms with van der Waals surface area (Å²) < 4.78 is 10.0. The predicted molar refractivity (Wildman–Crippen MR) is 85.2 cm³/mol. The molecule has 0 atom stereocenters. The lowest BCUT2D eigenvalue weighted by atomic mass is 9.95. The second-order valence-electron chi connectivity index (χ2n) is 4.84. The first-order valence-corrected chi connectivity index (χ1v) is 7.43. The van der Waals surface area contributed by atoms with Crippen LogP contribution in [0.15, 0.2) is 24.3 Å². The van der Waals surface area contributed by atoms with E-state index in [1.54, 1.807) is 12.1 Å². The van der Waals surface area contributed by atoms with Gasteiger partial charge in [0.05, 0.1) is 0 Å². The van der Waals surface area contributed by atoms with Crippen molar-refractivity contribution in [1.82, 2.24) is 10.2 Å². The first kappa shape index (κ1) is 17.0.